The maximum atomic E-state index is 5.22. The summed E-state index contributed by atoms with van der Waals surface area (Å²) in [5, 5.41) is 14.0. The summed E-state index contributed by atoms with van der Waals surface area (Å²) < 4.78 is 5.22. The summed E-state index contributed by atoms with van der Waals surface area (Å²) >= 11 is 0. The molecule has 0 saturated heterocycles. The van der Waals surface area contributed by atoms with Crippen LogP contribution in [0.2, 0.25) is 0 Å². The Hall–Kier alpha value is -2.67. The molecule has 0 aliphatic heterocycles. The molecule has 1 aromatic carbocycles. The molecule has 0 radical (unpaired) electrons. The Morgan fingerprint density at radius 3 is 2.90 bits per heavy atom. The normalized spacial score (nSPS) is 10.8. The first-order valence-electron chi connectivity index (χ1n) is 6.54. The largest absolute Gasteiger partial charge is 0.380 e. The Kier molecular flexibility index (Phi) is 3.65. The van der Waals surface area contributed by atoms with E-state index in [2.05, 4.69) is 30.8 Å². The first-order chi connectivity index (χ1) is 10.3. The standard InChI is InChI=1S/C14H16N6O/c1-15-14-18-12(10-7-16-20-13(10)19-14)17-11-6-4-3-5-9(11)8-21-2/h3-7H,8H2,1-2H3,(H3,15,16,17,18,19,20). The predicted octanol–water partition coefficient (Wildman–Crippen LogP) is 2.28. The Morgan fingerprint density at radius 1 is 1.24 bits per heavy atom. The highest BCUT2D eigenvalue weighted by molar-refractivity contribution is 5.89. The monoisotopic (exact) mass is 284 g/mol. The fourth-order valence-corrected chi connectivity index (χ4v) is 2.09. The van der Waals surface area contributed by atoms with Crippen molar-refractivity contribution in [3.63, 3.8) is 0 Å². The molecule has 0 spiro atoms. The summed E-state index contributed by atoms with van der Waals surface area (Å²) in [6.45, 7) is 0.529. The quantitative estimate of drug-likeness (QED) is 0.666. The number of benzene rings is 1. The summed E-state index contributed by atoms with van der Waals surface area (Å²) in [6.07, 6.45) is 1.70. The Morgan fingerprint density at radius 2 is 2.10 bits per heavy atom. The molecule has 0 aliphatic carbocycles. The maximum absolute atomic E-state index is 5.22. The lowest BCUT2D eigenvalue weighted by atomic mass is 10.2. The van der Waals surface area contributed by atoms with Gasteiger partial charge in [-0.25, -0.2) is 0 Å². The van der Waals surface area contributed by atoms with E-state index in [1.165, 1.54) is 0 Å². The highest BCUT2D eigenvalue weighted by Crippen LogP contribution is 2.26. The van der Waals surface area contributed by atoms with Crippen molar-refractivity contribution < 1.29 is 4.74 Å². The van der Waals surface area contributed by atoms with Crippen molar-refractivity contribution in [3.8, 4) is 0 Å². The van der Waals surface area contributed by atoms with Gasteiger partial charge in [0.1, 0.15) is 5.82 Å². The third-order valence-electron chi connectivity index (χ3n) is 3.10. The van der Waals surface area contributed by atoms with E-state index in [1.54, 1.807) is 20.4 Å². The smallest absolute Gasteiger partial charge is 0.226 e. The van der Waals surface area contributed by atoms with E-state index in [1.807, 2.05) is 24.3 Å². The number of rotatable bonds is 5. The molecule has 0 atom stereocenters. The molecule has 3 aromatic rings. The van der Waals surface area contributed by atoms with Crippen molar-refractivity contribution in [1.82, 2.24) is 20.2 Å². The van der Waals surface area contributed by atoms with Crippen molar-refractivity contribution in [2.24, 2.45) is 0 Å². The molecule has 0 fully saturated rings. The van der Waals surface area contributed by atoms with Gasteiger partial charge in [-0.2, -0.15) is 15.1 Å². The first-order valence-corrected chi connectivity index (χ1v) is 6.54. The number of methoxy groups -OCH3 is 1. The van der Waals surface area contributed by atoms with Crippen molar-refractivity contribution in [2.45, 2.75) is 6.61 Å². The van der Waals surface area contributed by atoms with Crippen LogP contribution in [0, 0.1) is 0 Å². The molecule has 3 N–H and O–H groups in total. The van der Waals surface area contributed by atoms with Gasteiger partial charge in [0, 0.05) is 25.4 Å². The van der Waals surface area contributed by atoms with Gasteiger partial charge in [-0.05, 0) is 6.07 Å². The van der Waals surface area contributed by atoms with Gasteiger partial charge in [0.15, 0.2) is 5.65 Å². The predicted molar refractivity (Wildman–Crippen MR) is 81.7 cm³/mol. The third kappa shape index (κ3) is 2.63. The van der Waals surface area contributed by atoms with Crippen molar-refractivity contribution >= 4 is 28.5 Å². The van der Waals surface area contributed by atoms with Crippen LogP contribution in [0.5, 0.6) is 0 Å². The molecule has 108 valence electrons. The zero-order chi connectivity index (χ0) is 14.7. The number of H-pyrrole nitrogens is 1. The van der Waals surface area contributed by atoms with E-state index in [4.69, 9.17) is 4.74 Å². The first kappa shape index (κ1) is 13.3. The Bertz CT molecular complexity index is 754. The molecule has 0 amide bonds. The van der Waals surface area contributed by atoms with Gasteiger partial charge in [0.25, 0.3) is 0 Å². The second-order valence-electron chi connectivity index (χ2n) is 4.49. The minimum atomic E-state index is 0.526. The summed E-state index contributed by atoms with van der Waals surface area (Å²) in [7, 11) is 3.45. The maximum Gasteiger partial charge on any atom is 0.226 e. The van der Waals surface area contributed by atoms with Gasteiger partial charge in [-0.3, -0.25) is 5.10 Å². The lowest BCUT2D eigenvalue weighted by Crippen LogP contribution is -2.03. The molecule has 7 nitrogen and oxygen atoms in total. The molecule has 0 unspecified atom stereocenters. The van der Waals surface area contributed by atoms with Crippen LogP contribution in [0.1, 0.15) is 5.56 Å². The molecule has 2 heterocycles. The van der Waals surface area contributed by atoms with E-state index in [0.717, 1.165) is 16.6 Å². The highest BCUT2D eigenvalue weighted by Gasteiger charge is 2.10. The summed E-state index contributed by atoms with van der Waals surface area (Å²) in [4.78, 5) is 8.76. The summed E-state index contributed by atoms with van der Waals surface area (Å²) in [6, 6.07) is 7.94. The van der Waals surface area contributed by atoms with Crippen molar-refractivity contribution in [2.75, 3.05) is 24.8 Å². The van der Waals surface area contributed by atoms with Gasteiger partial charge < -0.3 is 15.4 Å². The van der Waals surface area contributed by atoms with Crippen LogP contribution in [-0.4, -0.2) is 34.3 Å². The van der Waals surface area contributed by atoms with Crippen molar-refractivity contribution in [3.05, 3.63) is 36.0 Å². The third-order valence-corrected chi connectivity index (χ3v) is 3.10. The SMILES string of the molecule is CNc1nc(Nc2ccccc2COC)c2cn[nH]c2n1. The van der Waals surface area contributed by atoms with Gasteiger partial charge in [-0.1, -0.05) is 18.2 Å². The average molecular weight is 284 g/mol. The lowest BCUT2D eigenvalue weighted by Gasteiger charge is -2.12. The number of hydrogen-bond acceptors (Lipinski definition) is 6. The van der Waals surface area contributed by atoms with E-state index in [9.17, 15) is 0 Å². The molecule has 21 heavy (non-hydrogen) atoms. The molecule has 3 rings (SSSR count). The van der Waals surface area contributed by atoms with Crippen LogP contribution in [0.4, 0.5) is 17.5 Å². The molecule has 0 bridgehead atoms. The zero-order valence-electron chi connectivity index (χ0n) is 11.8. The number of fused-ring (bicyclic) bond motifs is 1. The van der Waals surface area contributed by atoms with Gasteiger partial charge in [0.2, 0.25) is 5.95 Å². The van der Waals surface area contributed by atoms with E-state index >= 15 is 0 Å². The van der Waals surface area contributed by atoms with Crippen LogP contribution in [0.3, 0.4) is 0 Å². The molecular weight excluding hydrogens is 268 g/mol. The number of anilines is 3. The molecule has 0 saturated carbocycles. The van der Waals surface area contributed by atoms with Gasteiger partial charge >= 0.3 is 0 Å². The molecule has 0 aliphatic rings. The zero-order valence-corrected chi connectivity index (χ0v) is 11.8. The minimum Gasteiger partial charge on any atom is -0.380 e. The second-order valence-corrected chi connectivity index (χ2v) is 4.49. The van der Waals surface area contributed by atoms with E-state index in [-0.39, 0.29) is 0 Å². The average Bonchev–Trinajstić information content (AvgIpc) is 2.98. The van der Waals surface area contributed by atoms with Crippen LogP contribution in [-0.2, 0) is 11.3 Å². The van der Waals surface area contributed by atoms with Crippen LogP contribution in [0.25, 0.3) is 11.0 Å². The summed E-state index contributed by atoms with van der Waals surface area (Å²) in [5.41, 5.74) is 2.69. The van der Waals surface area contributed by atoms with E-state index < -0.39 is 0 Å². The fraction of sp³-hybridized carbons (Fsp3) is 0.214. The van der Waals surface area contributed by atoms with Gasteiger partial charge in [-0.15, -0.1) is 0 Å². The summed E-state index contributed by atoms with van der Waals surface area (Å²) in [5.74, 6) is 1.22. The second kappa shape index (κ2) is 5.76. The molecule has 7 heteroatoms. The van der Waals surface area contributed by atoms with Gasteiger partial charge in [0.05, 0.1) is 18.2 Å². The molecule has 2 aromatic heterocycles. The Labute approximate surface area is 121 Å². The van der Waals surface area contributed by atoms with Crippen LogP contribution >= 0.6 is 0 Å². The lowest BCUT2D eigenvalue weighted by molar-refractivity contribution is 0.185. The number of nitrogens with one attached hydrogen (secondary N) is 3. The van der Waals surface area contributed by atoms with Crippen LogP contribution < -0.4 is 10.6 Å². The number of aromatic nitrogens is 4. The number of ether oxygens (including phenoxy) is 1. The minimum absolute atomic E-state index is 0.526. The number of para-hydroxylation sites is 1. The van der Waals surface area contributed by atoms with Crippen LogP contribution in [0.15, 0.2) is 30.5 Å². The highest BCUT2D eigenvalue weighted by atomic mass is 16.5. The topological polar surface area (TPSA) is 87.8 Å². The number of aromatic amines is 1. The number of nitrogens with zero attached hydrogens (tertiary/aromatic N) is 3. The van der Waals surface area contributed by atoms with E-state index in [0.29, 0.717) is 24.0 Å². The number of hydrogen-bond donors (Lipinski definition) is 3. The fourth-order valence-electron chi connectivity index (χ4n) is 2.09. The molecular formula is C14H16N6O. The Balaban J connectivity index is 2.03. The van der Waals surface area contributed by atoms with Crippen molar-refractivity contribution in [1.29, 1.82) is 0 Å².